The molecule has 10 atom stereocenters. The molecule has 1 aliphatic heterocycles. The number of fused-ring (bicyclic) bond motifs is 7. The van der Waals surface area contributed by atoms with Gasteiger partial charge in [-0.2, -0.15) is 0 Å². The van der Waals surface area contributed by atoms with E-state index in [0.717, 1.165) is 11.1 Å². The number of nitrogens with one attached hydrogen (secondary N) is 3. The average Bonchev–Trinajstić information content (AvgIpc) is 3.90. The fraction of sp³-hybridized carbons (Fsp3) is 0.524. The number of anilines is 1. The van der Waals surface area contributed by atoms with Gasteiger partial charge in [0.1, 0.15) is 12.6 Å². The van der Waals surface area contributed by atoms with Crippen LogP contribution >= 0.6 is 23.8 Å². The molecule has 334 valence electrons. The number of alkyl halides is 1. The van der Waals surface area contributed by atoms with Crippen molar-refractivity contribution >= 4 is 64.7 Å². The minimum absolute atomic E-state index is 0.0172. The second-order valence-electron chi connectivity index (χ2n) is 17.2. The summed E-state index contributed by atoms with van der Waals surface area (Å²) in [5.41, 5.74) is -0.505. The molecule has 62 heavy (non-hydrogen) atoms. The summed E-state index contributed by atoms with van der Waals surface area (Å²) in [5.74, 6) is -4.13. The number of hydrogen-bond acceptors (Lipinski definition) is 11. The lowest BCUT2D eigenvalue weighted by atomic mass is 9.46. The first kappa shape index (κ1) is 45.7. The predicted molar refractivity (Wildman–Crippen MR) is 222 cm³/mol. The molecular weight excluding hydrogens is 895 g/mol. The SMILES string of the molecule is C[C@]12C=CC(=O)C=C1CC[C@@H]1[C@@H]2[C@@H](O)C[C@@]2(C)[C@H]1C[C@H]1O[C@@H](c3ccn(Cc4ccc(NC(=O)[C@H](CCC(=O)O)NC(=O)CNC(=O)CBr)cc4)c3)O[C@]12C(=O)COP(=O)(O)O. The number of nitrogens with zero attached hydrogens (tertiary/aromatic N) is 1. The summed E-state index contributed by atoms with van der Waals surface area (Å²) < 4.78 is 31.7. The first-order chi connectivity index (χ1) is 29.3. The van der Waals surface area contributed by atoms with Gasteiger partial charge in [-0.1, -0.05) is 53.6 Å². The number of ketones is 2. The minimum atomic E-state index is -5.04. The van der Waals surface area contributed by atoms with Crippen molar-refractivity contribution in [1.82, 2.24) is 15.2 Å². The highest BCUT2D eigenvalue weighted by molar-refractivity contribution is 9.09. The second-order valence-corrected chi connectivity index (χ2v) is 19.0. The largest absolute Gasteiger partial charge is 0.481 e. The number of carbonyl (C=O) groups excluding carboxylic acids is 5. The maximum atomic E-state index is 14.4. The topological polar surface area (TPSA) is 269 Å². The molecule has 2 aromatic rings. The number of amides is 3. The number of aliphatic hydroxyl groups excluding tert-OH is 1. The van der Waals surface area contributed by atoms with Crippen molar-refractivity contribution in [3.05, 3.63) is 77.7 Å². The molecule has 5 aliphatic rings. The Kier molecular flexibility index (Phi) is 13.0. The third-order valence-electron chi connectivity index (χ3n) is 13.5. The van der Waals surface area contributed by atoms with Gasteiger partial charge in [-0.15, -0.1) is 0 Å². The molecule has 0 radical (unpaired) electrons. The lowest BCUT2D eigenvalue weighted by Gasteiger charge is -2.59. The Balaban J connectivity index is 1.05. The Morgan fingerprint density at radius 1 is 1.10 bits per heavy atom. The number of rotatable bonds is 16. The molecule has 1 saturated heterocycles. The van der Waals surface area contributed by atoms with E-state index in [1.54, 1.807) is 54.9 Å². The zero-order chi connectivity index (χ0) is 44.8. The van der Waals surface area contributed by atoms with Crippen molar-refractivity contribution in [1.29, 1.82) is 0 Å². The molecule has 18 nitrogen and oxygen atoms in total. The van der Waals surface area contributed by atoms with Crippen molar-refractivity contribution in [2.45, 2.75) is 89.1 Å². The van der Waals surface area contributed by atoms with E-state index in [2.05, 4.69) is 31.9 Å². The van der Waals surface area contributed by atoms with E-state index in [9.17, 15) is 48.2 Å². The van der Waals surface area contributed by atoms with Gasteiger partial charge in [-0.3, -0.25) is 33.3 Å². The summed E-state index contributed by atoms with van der Waals surface area (Å²) in [4.78, 5) is 93.9. The van der Waals surface area contributed by atoms with Crippen LogP contribution < -0.4 is 16.0 Å². The van der Waals surface area contributed by atoms with Crippen molar-refractivity contribution in [2.24, 2.45) is 28.6 Å². The van der Waals surface area contributed by atoms with Gasteiger partial charge < -0.3 is 50.0 Å². The van der Waals surface area contributed by atoms with E-state index in [1.165, 1.54) is 0 Å². The van der Waals surface area contributed by atoms with Crippen LogP contribution in [0.4, 0.5) is 5.69 Å². The van der Waals surface area contributed by atoms with Crippen LogP contribution in [0.15, 0.2) is 66.5 Å². The van der Waals surface area contributed by atoms with Gasteiger partial charge in [0.15, 0.2) is 23.5 Å². The van der Waals surface area contributed by atoms with Crippen LogP contribution in [0.5, 0.6) is 0 Å². The predicted octanol–water partition coefficient (Wildman–Crippen LogP) is 3.06. The van der Waals surface area contributed by atoms with E-state index in [0.29, 0.717) is 37.1 Å². The van der Waals surface area contributed by atoms with Crippen molar-refractivity contribution in [3.8, 4) is 0 Å². The number of allylic oxidation sites excluding steroid dienone is 4. The molecule has 2 heterocycles. The van der Waals surface area contributed by atoms with E-state index >= 15 is 0 Å². The van der Waals surface area contributed by atoms with Gasteiger partial charge >= 0.3 is 13.8 Å². The molecule has 4 aliphatic carbocycles. The third kappa shape index (κ3) is 8.91. The highest BCUT2D eigenvalue weighted by Gasteiger charge is 2.76. The van der Waals surface area contributed by atoms with Gasteiger partial charge in [-0.25, -0.2) is 4.57 Å². The number of carboxylic acids is 1. The molecule has 20 heteroatoms. The Morgan fingerprint density at radius 2 is 1.84 bits per heavy atom. The number of halogens is 1. The second kappa shape index (κ2) is 17.7. The van der Waals surface area contributed by atoms with Gasteiger partial charge in [0.2, 0.25) is 17.7 Å². The molecular formula is C42H50BrN4O14P. The number of Topliss-reactive ketones (excluding diaryl/α,β-unsaturated/α-hetero) is 1. The molecule has 1 aromatic carbocycles. The highest BCUT2D eigenvalue weighted by atomic mass is 79.9. The molecule has 0 bridgehead atoms. The summed E-state index contributed by atoms with van der Waals surface area (Å²) in [6, 6.07) is 7.44. The number of aliphatic hydroxyl groups is 1. The van der Waals surface area contributed by atoms with Gasteiger partial charge in [0.25, 0.3) is 0 Å². The number of aromatic nitrogens is 1. The van der Waals surface area contributed by atoms with Crippen molar-refractivity contribution in [3.63, 3.8) is 0 Å². The number of carbonyl (C=O) groups is 6. The number of hydrogen-bond donors (Lipinski definition) is 7. The number of phosphoric ester groups is 1. The molecule has 3 amide bonds. The van der Waals surface area contributed by atoms with Crippen LogP contribution in [0.3, 0.4) is 0 Å². The summed E-state index contributed by atoms with van der Waals surface area (Å²) in [6.07, 6.45) is 7.23. The van der Waals surface area contributed by atoms with E-state index < -0.39 is 91.4 Å². The maximum absolute atomic E-state index is 14.4. The lowest BCUT2D eigenvalue weighted by molar-refractivity contribution is -0.200. The van der Waals surface area contributed by atoms with Crippen molar-refractivity contribution < 1.29 is 67.3 Å². The molecule has 1 aromatic heterocycles. The van der Waals surface area contributed by atoms with Gasteiger partial charge in [0, 0.05) is 53.4 Å². The van der Waals surface area contributed by atoms with Crippen LogP contribution in [0.25, 0.3) is 0 Å². The molecule has 0 unspecified atom stereocenters. The third-order valence-corrected chi connectivity index (χ3v) is 14.5. The lowest BCUT2D eigenvalue weighted by Crippen LogP contribution is -2.63. The smallest absolute Gasteiger partial charge is 0.470 e. The number of carboxylic acid groups (broad SMARTS) is 1. The maximum Gasteiger partial charge on any atom is 0.470 e. The Labute approximate surface area is 365 Å². The standard InChI is InChI=1S/C42H50BrN4O14P/c1-40-13-11-27(48)15-25(40)5-8-28-29-16-33-42(32(50)22-59-62(56,57)58,41(29,2)17-31(49)37(28)40)61-39(60-33)24-12-14-47(21-24)20-23-3-6-26(7-4-23)45-38(55)30(9-10-36(53)54)46-35(52)19-44-34(51)18-43/h3-4,6-7,11-15,21,28-31,33,37,39,49H,5,8-10,16-20,22H2,1-2H3,(H,44,51)(H,45,55)(H,46,52)(H,53,54)(H2,56,57,58)/t28-,29-,30-,31-,33+,37+,39+,40-,41-,42+/m0/s1. The molecule has 7 N–H and O–H groups in total. The van der Waals surface area contributed by atoms with E-state index in [4.69, 9.17) is 19.1 Å². The monoisotopic (exact) mass is 944 g/mol. The summed E-state index contributed by atoms with van der Waals surface area (Å²) in [6.45, 7) is 2.98. The molecule has 0 spiro atoms. The molecule has 7 rings (SSSR count). The fourth-order valence-corrected chi connectivity index (χ4v) is 11.3. The Hall–Kier alpha value is -4.33. The number of phosphoric acid groups is 1. The van der Waals surface area contributed by atoms with E-state index in [1.807, 2.05) is 24.5 Å². The van der Waals surface area contributed by atoms with Crippen molar-refractivity contribution in [2.75, 3.05) is 23.8 Å². The zero-order valence-corrected chi connectivity index (χ0v) is 36.5. The van der Waals surface area contributed by atoms with Gasteiger partial charge in [0.05, 0.1) is 24.1 Å². The van der Waals surface area contributed by atoms with Crippen LogP contribution in [0.1, 0.15) is 69.8 Å². The number of aliphatic carboxylic acids is 1. The van der Waals surface area contributed by atoms with Crippen LogP contribution in [-0.4, -0.2) is 102 Å². The van der Waals surface area contributed by atoms with Crippen LogP contribution in [0.2, 0.25) is 0 Å². The highest BCUT2D eigenvalue weighted by Crippen LogP contribution is 2.70. The fourth-order valence-electron chi connectivity index (χ4n) is 10.8. The summed E-state index contributed by atoms with van der Waals surface area (Å²) in [5, 5.41) is 28.7. The number of benzene rings is 1. The first-order valence-corrected chi connectivity index (χ1v) is 23.0. The quantitative estimate of drug-likeness (QED) is 0.0943. The summed E-state index contributed by atoms with van der Waals surface area (Å²) in [7, 11) is -5.04. The normalized spacial score (nSPS) is 31.5. The van der Waals surface area contributed by atoms with Gasteiger partial charge in [-0.05, 0) is 79.9 Å². The minimum Gasteiger partial charge on any atom is -0.481 e. The summed E-state index contributed by atoms with van der Waals surface area (Å²) >= 11 is 2.98. The Bertz CT molecular complexity index is 2240. The van der Waals surface area contributed by atoms with Crippen LogP contribution in [0, 0.1) is 28.6 Å². The first-order valence-electron chi connectivity index (χ1n) is 20.3. The molecule has 4 fully saturated rings. The van der Waals surface area contributed by atoms with Crippen LogP contribution in [-0.2, 0) is 53.9 Å². The number of ether oxygens (including phenoxy) is 2. The molecule has 3 saturated carbocycles. The average molecular weight is 946 g/mol. The van der Waals surface area contributed by atoms with E-state index in [-0.39, 0.29) is 48.1 Å². The Morgan fingerprint density at radius 3 is 2.53 bits per heavy atom. The zero-order valence-electron chi connectivity index (χ0n) is 34.0.